The van der Waals surface area contributed by atoms with Gasteiger partial charge in [-0.2, -0.15) is 0 Å². The van der Waals surface area contributed by atoms with Crippen molar-refractivity contribution in [1.29, 1.82) is 0 Å². The van der Waals surface area contributed by atoms with Gasteiger partial charge in [-0.1, -0.05) is 44.2 Å². The maximum absolute atomic E-state index is 12.1. The van der Waals surface area contributed by atoms with Gasteiger partial charge in [0.15, 0.2) is 0 Å². The number of hydrogen-bond donors (Lipinski definition) is 1. The molecule has 0 amide bonds. The molecule has 0 aliphatic heterocycles. The van der Waals surface area contributed by atoms with E-state index in [0.717, 1.165) is 0 Å². The Hall–Kier alpha value is -2.37. The van der Waals surface area contributed by atoms with E-state index in [1.807, 2.05) is 13.8 Å². The summed E-state index contributed by atoms with van der Waals surface area (Å²) in [6.45, 7) is 3.75. The largest absolute Gasteiger partial charge is 0.481 e. The molecule has 1 unspecified atom stereocenters. The van der Waals surface area contributed by atoms with Gasteiger partial charge in [-0.3, -0.25) is 9.59 Å². The summed E-state index contributed by atoms with van der Waals surface area (Å²) in [5.74, 6) is -3.20. The normalized spacial score (nSPS) is 13.2. The molecule has 0 aliphatic carbocycles. The predicted molar refractivity (Wildman–Crippen MR) is 82.5 cm³/mol. The molecule has 1 aromatic rings. The average molecular weight is 322 g/mol. The zero-order valence-corrected chi connectivity index (χ0v) is 13.5. The van der Waals surface area contributed by atoms with Gasteiger partial charge in [-0.25, -0.2) is 4.79 Å². The van der Waals surface area contributed by atoms with E-state index in [-0.39, 0.29) is 12.3 Å². The number of methoxy groups -OCH3 is 1. The second kappa shape index (κ2) is 8.92. The van der Waals surface area contributed by atoms with Gasteiger partial charge in [0.25, 0.3) is 0 Å². The number of carbonyl (C=O) groups excluding carboxylic acids is 2. The lowest BCUT2D eigenvalue weighted by atomic mass is 9.94. The number of carboxylic acid groups (broad SMARTS) is 1. The van der Waals surface area contributed by atoms with Gasteiger partial charge in [0.2, 0.25) is 6.10 Å². The molecule has 0 fully saturated rings. The summed E-state index contributed by atoms with van der Waals surface area (Å²) in [6, 6.07) is 8.45. The Labute approximate surface area is 135 Å². The van der Waals surface area contributed by atoms with Crippen LogP contribution < -0.4 is 0 Å². The Morgan fingerprint density at radius 2 is 1.74 bits per heavy atom. The van der Waals surface area contributed by atoms with Gasteiger partial charge in [0.1, 0.15) is 0 Å². The maximum Gasteiger partial charge on any atom is 0.351 e. The first-order chi connectivity index (χ1) is 10.8. The number of carboxylic acids is 1. The van der Waals surface area contributed by atoms with Crippen LogP contribution in [0.2, 0.25) is 0 Å². The van der Waals surface area contributed by atoms with E-state index in [1.165, 1.54) is 7.11 Å². The summed E-state index contributed by atoms with van der Waals surface area (Å²) in [5.41, 5.74) is 0.475. The standard InChI is InChI=1S/C17H22O6/c1-11(2)9-13(16(19)20)10-14(18)23-15(17(21)22-3)12-7-5-4-6-8-12/h4-8,11,13,15H,9-10H2,1-3H3,(H,19,20)/t13-,15?/m1/s1. The minimum absolute atomic E-state index is 0.134. The van der Waals surface area contributed by atoms with Crippen molar-refractivity contribution in [3.05, 3.63) is 35.9 Å². The first-order valence-electron chi connectivity index (χ1n) is 7.40. The number of carbonyl (C=O) groups is 3. The van der Waals surface area contributed by atoms with Gasteiger partial charge < -0.3 is 14.6 Å². The fourth-order valence-corrected chi connectivity index (χ4v) is 2.21. The number of ether oxygens (including phenoxy) is 2. The van der Waals surface area contributed by atoms with E-state index in [9.17, 15) is 19.5 Å². The first-order valence-corrected chi connectivity index (χ1v) is 7.40. The van der Waals surface area contributed by atoms with Crippen LogP contribution in [0.25, 0.3) is 0 Å². The van der Waals surface area contributed by atoms with Crippen molar-refractivity contribution in [2.75, 3.05) is 7.11 Å². The number of benzene rings is 1. The van der Waals surface area contributed by atoms with Crippen molar-refractivity contribution in [2.45, 2.75) is 32.8 Å². The van der Waals surface area contributed by atoms with Crippen LogP contribution in [0, 0.1) is 11.8 Å². The number of hydrogen-bond acceptors (Lipinski definition) is 5. The first kappa shape index (κ1) is 18.7. The van der Waals surface area contributed by atoms with Gasteiger partial charge >= 0.3 is 17.9 Å². The molecule has 1 rings (SSSR count). The van der Waals surface area contributed by atoms with Crippen molar-refractivity contribution in [3.8, 4) is 0 Å². The topological polar surface area (TPSA) is 89.9 Å². The third-order valence-electron chi connectivity index (χ3n) is 3.29. The molecule has 0 saturated heterocycles. The fraction of sp³-hybridized carbons (Fsp3) is 0.471. The smallest absolute Gasteiger partial charge is 0.351 e. The monoisotopic (exact) mass is 322 g/mol. The maximum atomic E-state index is 12.1. The van der Waals surface area contributed by atoms with Crippen LogP contribution in [-0.4, -0.2) is 30.1 Å². The summed E-state index contributed by atoms with van der Waals surface area (Å²) >= 11 is 0. The zero-order chi connectivity index (χ0) is 17.4. The van der Waals surface area contributed by atoms with Crippen LogP contribution in [0.5, 0.6) is 0 Å². The molecule has 0 spiro atoms. The molecule has 0 radical (unpaired) electrons. The summed E-state index contributed by atoms with van der Waals surface area (Å²) in [5, 5.41) is 9.18. The van der Waals surface area contributed by atoms with Gasteiger partial charge in [0.05, 0.1) is 19.4 Å². The molecule has 6 heteroatoms. The molecule has 0 aromatic heterocycles. The lowest BCUT2D eigenvalue weighted by Gasteiger charge is -2.18. The lowest BCUT2D eigenvalue weighted by Crippen LogP contribution is -2.25. The highest BCUT2D eigenvalue weighted by molar-refractivity contribution is 5.83. The Morgan fingerprint density at radius 3 is 2.22 bits per heavy atom. The fourth-order valence-electron chi connectivity index (χ4n) is 2.21. The highest BCUT2D eigenvalue weighted by atomic mass is 16.6. The molecule has 2 atom stereocenters. The van der Waals surface area contributed by atoms with Gasteiger partial charge in [0, 0.05) is 5.56 Å². The van der Waals surface area contributed by atoms with E-state index in [0.29, 0.717) is 12.0 Å². The molecule has 0 aliphatic rings. The molecule has 1 aromatic carbocycles. The average Bonchev–Trinajstić information content (AvgIpc) is 2.51. The van der Waals surface area contributed by atoms with Crippen molar-refractivity contribution in [2.24, 2.45) is 11.8 Å². The van der Waals surface area contributed by atoms with Crippen molar-refractivity contribution in [3.63, 3.8) is 0 Å². The van der Waals surface area contributed by atoms with E-state index >= 15 is 0 Å². The van der Waals surface area contributed by atoms with Crippen molar-refractivity contribution >= 4 is 17.9 Å². The summed E-state index contributed by atoms with van der Waals surface area (Å²) in [7, 11) is 1.20. The Kier molecular flexibility index (Phi) is 7.25. The van der Waals surface area contributed by atoms with Crippen LogP contribution in [-0.2, 0) is 23.9 Å². The van der Waals surface area contributed by atoms with E-state index in [2.05, 4.69) is 4.74 Å². The van der Waals surface area contributed by atoms with Crippen LogP contribution in [0.4, 0.5) is 0 Å². The van der Waals surface area contributed by atoms with Crippen LogP contribution in [0.15, 0.2) is 30.3 Å². The van der Waals surface area contributed by atoms with Crippen LogP contribution in [0.3, 0.4) is 0 Å². The highest BCUT2D eigenvalue weighted by Gasteiger charge is 2.29. The lowest BCUT2D eigenvalue weighted by molar-refractivity contribution is -0.168. The number of aliphatic carboxylic acids is 1. The molecular weight excluding hydrogens is 300 g/mol. The second-order valence-electron chi connectivity index (χ2n) is 5.67. The Balaban J connectivity index is 2.81. The number of rotatable bonds is 8. The zero-order valence-electron chi connectivity index (χ0n) is 13.5. The molecule has 0 bridgehead atoms. The van der Waals surface area contributed by atoms with Crippen molar-refractivity contribution < 1.29 is 29.0 Å². The summed E-state index contributed by atoms with van der Waals surface area (Å²) in [4.78, 5) is 35.1. The SMILES string of the molecule is COC(=O)C(OC(=O)C[C@@H](CC(C)C)C(=O)O)c1ccccc1. The van der Waals surface area contributed by atoms with Crippen LogP contribution >= 0.6 is 0 Å². The van der Waals surface area contributed by atoms with E-state index in [1.54, 1.807) is 30.3 Å². The molecule has 126 valence electrons. The van der Waals surface area contributed by atoms with E-state index in [4.69, 9.17) is 4.74 Å². The minimum atomic E-state index is -1.19. The summed E-state index contributed by atoms with van der Waals surface area (Å²) < 4.78 is 9.83. The van der Waals surface area contributed by atoms with Crippen LogP contribution in [0.1, 0.15) is 38.4 Å². The van der Waals surface area contributed by atoms with Gasteiger partial charge in [-0.05, 0) is 12.3 Å². The molecule has 23 heavy (non-hydrogen) atoms. The Morgan fingerprint density at radius 1 is 1.13 bits per heavy atom. The molecule has 0 heterocycles. The third kappa shape index (κ3) is 6.10. The number of esters is 2. The van der Waals surface area contributed by atoms with Gasteiger partial charge in [-0.15, -0.1) is 0 Å². The Bertz CT molecular complexity index is 537. The van der Waals surface area contributed by atoms with Crippen molar-refractivity contribution in [1.82, 2.24) is 0 Å². The molecular formula is C17H22O6. The van der Waals surface area contributed by atoms with E-state index < -0.39 is 29.9 Å². The highest BCUT2D eigenvalue weighted by Crippen LogP contribution is 2.22. The predicted octanol–water partition coefficient (Wildman–Crippen LogP) is 2.58. The second-order valence-corrected chi connectivity index (χ2v) is 5.67. The summed E-state index contributed by atoms with van der Waals surface area (Å²) in [6.07, 6.45) is -1.12. The molecule has 1 N–H and O–H groups in total. The minimum Gasteiger partial charge on any atom is -0.481 e. The molecule has 6 nitrogen and oxygen atoms in total. The molecule has 0 saturated carbocycles. The third-order valence-corrected chi connectivity index (χ3v) is 3.29. The quantitative estimate of drug-likeness (QED) is 0.740.